The molecule has 2 aromatic rings. The van der Waals surface area contributed by atoms with E-state index in [-0.39, 0.29) is 5.54 Å². The summed E-state index contributed by atoms with van der Waals surface area (Å²) in [7, 11) is -3.67. The number of nitrogen functional groups attached to an aromatic ring is 1. The van der Waals surface area contributed by atoms with E-state index in [0.717, 1.165) is 36.0 Å². The molecule has 4 fully saturated rings. The summed E-state index contributed by atoms with van der Waals surface area (Å²) in [6, 6.07) is 9.42. The lowest BCUT2D eigenvalue weighted by Gasteiger charge is -2.56. The first kappa shape index (κ1) is 20.1. The van der Waals surface area contributed by atoms with Gasteiger partial charge in [-0.2, -0.15) is 0 Å². The third-order valence-corrected chi connectivity index (χ3v) is 9.27. The van der Waals surface area contributed by atoms with Gasteiger partial charge in [-0.15, -0.1) is 0 Å². The second-order valence-corrected chi connectivity index (χ2v) is 12.0. The first-order chi connectivity index (χ1) is 14.1. The number of hydrogen-bond donors (Lipinski definition) is 2. The van der Waals surface area contributed by atoms with Crippen LogP contribution in [0.5, 0.6) is 0 Å². The van der Waals surface area contributed by atoms with Crippen molar-refractivity contribution >= 4 is 15.7 Å². The second kappa shape index (κ2) is 6.83. The molecule has 0 unspecified atom stereocenters. The summed E-state index contributed by atoms with van der Waals surface area (Å²) in [6.45, 7) is 6.15. The normalized spacial score (nSPS) is 30.0. The Labute approximate surface area is 180 Å². The van der Waals surface area contributed by atoms with E-state index >= 15 is 0 Å². The zero-order valence-electron chi connectivity index (χ0n) is 18.2. The van der Waals surface area contributed by atoms with Gasteiger partial charge in [-0.05, 0) is 112 Å². The highest BCUT2D eigenvalue weighted by atomic mass is 32.2. The van der Waals surface area contributed by atoms with Gasteiger partial charge in [0.25, 0.3) is 0 Å². The molecular formula is C25H32N2O2S. The van der Waals surface area contributed by atoms with Crippen LogP contribution in [-0.2, 0) is 10.0 Å². The molecule has 4 nitrogen and oxygen atoms in total. The van der Waals surface area contributed by atoms with Crippen molar-refractivity contribution in [2.24, 2.45) is 17.8 Å². The lowest BCUT2D eigenvalue weighted by molar-refractivity contribution is -0.00809. The molecular weight excluding hydrogens is 392 g/mol. The van der Waals surface area contributed by atoms with Crippen LogP contribution >= 0.6 is 0 Å². The molecule has 2 aromatic carbocycles. The smallest absolute Gasteiger partial charge is 0.241 e. The predicted octanol–water partition coefficient (Wildman–Crippen LogP) is 5.11. The predicted molar refractivity (Wildman–Crippen MR) is 122 cm³/mol. The number of nitrogens with two attached hydrogens (primary N) is 1. The number of anilines is 1. The maximum Gasteiger partial charge on any atom is 0.241 e. The maximum absolute atomic E-state index is 13.8. The standard InChI is InChI=1S/C25H32N2O2S/c1-15-6-16(2)24(17(3)7-15)22-11-21(26)4-5-23(22)30(28,29)27-25-12-18-8-19(13-25)10-20(9-18)14-25/h4-7,11,18-20,27H,8-10,12-14,26H2,1-3H3. The van der Waals surface area contributed by atoms with Crippen LogP contribution in [0.25, 0.3) is 11.1 Å². The molecule has 6 rings (SSSR count). The molecule has 4 bridgehead atoms. The van der Waals surface area contributed by atoms with Gasteiger partial charge in [0.15, 0.2) is 0 Å². The van der Waals surface area contributed by atoms with Crippen LogP contribution in [0.1, 0.15) is 55.2 Å². The summed E-state index contributed by atoms with van der Waals surface area (Å²) >= 11 is 0. The largest absolute Gasteiger partial charge is 0.399 e. The van der Waals surface area contributed by atoms with E-state index in [1.807, 2.05) is 19.9 Å². The molecule has 4 aliphatic carbocycles. The van der Waals surface area contributed by atoms with Crippen molar-refractivity contribution in [3.05, 3.63) is 47.0 Å². The van der Waals surface area contributed by atoms with Crippen molar-refractivity contribution in [2.45, 2.75) is 69.7 Å². The molecule has 0 aromatic heterocycles. The molecule has 30 heavy (non-hydrogen) atoms. The molecule has 0 spiro atoms. The second-order valence-electron chi connectivity index (χ2n) is 10.3. The van der Waals surface area contributed by atoms with Gasteiger partial charge in [0.05, 0.1) is 4.90 Å². The molecule has 160 valence electrons. The lowest BCUT2D eigenvalue weighted by atomic mass is 9.53. The van der Waals surface area contributed by atoms with Crippen LogP contribution in [0, 0.1) is 38.5 Å². The average molecular weight is 425 g/mol. The molecule has 4 aliphatic rings. The van der Waals surface area contributed by atoms with Crippen molar-refractivity contribution in [1.82, 2.24) is 4.72 Å². The number of benzene rings is 2. The SMILES string of the molecule is Cc1cc(C)c(-c2cc(N)ccc2S(=O)(=O)NC23CC4CC(CC(C4)C2)C3)c(C)c1. The van der Waals surface area contributed by atoms with Gasteiger partial charge in [-0.25, -0.2) is 13.1 Å². The highest BCUT2D eigenvalue weighted by Crippen LogP contribution is 2.56. The highest BCUT2D eigenvalue weighted by Gasteiger charge is 2.52. The monoisotopic (exact) mass is 424 g/mol. The van der Waals surface area contributed by atoms with Crippen LogP contribution < -0.4 is 10.5 Å². The van der Waals surface area contributed by atoms with Crippen molar-refractivity contribution in [3.63, 3.8) is 0 Å². The van der Waals surface area contributed by atoms with E-state index in [1.165, 1.54) is 24.8 Å². The van der Waals surface area contributed by atoms with Crippen LogP contribution in [0.2, 0.25) is 0 Å². The van der Waals surface area contributed by atoms with Gasteiger partial charge < -0.3 is 5.73 Å². The summed E-state index contributed by atoms with van der Waals surface area (Å²) in [5.74, 6) is 2.06. The third kappa shape index (κ3) is 3.36. The Morgan fingerprint density at radius 3 is 1.97 bits per heavy atom. The van der Waals surface area contributed by atoms with Gasteiger partial charge in [0.1, 0.15) is 0 Å². The average Bonchev–Trinajstić information content (AvgIpc) is 2.58. The summed E-state index contributed by atoms with van der Waals surface area (Å²) in [4.78, 5) is 0.350. The molecule has 0 heterocycles. The van der Waals surface area contributed by atoms with E-state index in [4.69, 9.17) is 5.73 Å². The Balaban J connectivity index is 1.58. The van der Waals surface area contributed by atoms with E-state index in [1.54, 1.807) is 12.1 Å². The van der Waals surface area contributed by atoms with E-state index in [0.29, 0.717) is 33.9 Å². The maximum atomic E-state index is 13.8. The third-order valence-electron chi connectivity index (χ3n) is 7.63. The number of nitrogens with one attached hydrogen (secondary N) is 1. The Bertz CT molecular complexity index is 1060. The van der Waals surface area contributed by atoms with Crippen LogP contribution in [0.4, 0.5) is 5.69 Å². The molecule has 3 N–H and O–H groups in total. The first-order valence-electron chi connectivity index (χ1n) is 11.2. The number of sulfonamides is 1. The van der Waals surface area contributed by atoms with E-state index in [2.05, 4.69) is 23.8 Å². The van der Waals surface area contributed by atoms with Crippen LogP contribution in [-0.4, -0.2) is 14.0 Å². The van der Waals surface area contributed by atoms with Gasteiger partial charge in [0.2, 0.25) is 10.0 Å². The minimum atomic E-state index is -3.67. The Kier molecular flexibility index (Phi) is 4.57. The molecule has 5 heteroatoms. The molecule has 0 saturated heterocycles. The minimum absolute atomic E-state index is 0.260. The summed E-state index contributed by atoms with van der Waals surface area (Å²) in [5, 5.41) is 0. The topological polar surface area (TPSA) is 72.2 Å². The fourth-order valence-corrected chi connectivity index (χ4v) is 8.79. The molecule has 0 amide bonds. The number of aryl methyl sites for hydroxylation is 3. The Morgan fingerprint density at radius 1 is 0.900 bits per heavy atom. The number of hydrogen-bond acceptors (Lipinski definition) is 3. The van der Waals surface area contributed by atoms with Crippen molar-refractivity contribution in [1.29, 1.82) is 0 Å². The molecule has 4 saturated carbocycles. The van der Waals surface area contributed by atoms with Gasteiger partial charge in [0, 0.05) is 16.8 Å². The lowest BCUT2D eigenvalue weighted by Crippen LogP contribution is -2.59. The van der Waals surface area contributed by atoms with Crippen molar-refractivity contribution < 1.29 is 8.42 Å². The van der Waals surface area contributed by atoms with Gasteiger partial charge >= 0.3 is 0 Å². The first-order valence-corrected chi connectivity index (χ1v) is 12.6. The number of rotatable bonds is 4. The fourth-order valence-electron chi connectivity index (χ4n) is 7.16. The minimum Gasteiger partial charge on any atom is -0.399 e. The Morgan fingerprint density at radius 2 is 1.43 bits per heavy atom. The summed E-state index contributed by atoms with van der Waals surface area (Å²) in [6.07, 6.45) is 6.84. The quantitative estimate of drug-likeness (QED) is 0.670. The molecule has 0 atom stereocenters. The molecule has 0 radical (unpaired) electrons. The van der Waals surface area contributed by atoms with E-state index < -0.39 is 10.0 Å². The van der Waals surface area contributed by atoms with Crippen molar-refractivity contribution in [2.75, 3.05) is 5.73 Å². The van der Waals surface area contributed by atoms with Crippen LogP contribution in [0.3, 0.4) is 0 Å². The molecule has 0 aliphatic heterocycles. The highest BCUT2D eigenvalue weighted by molar-refractivity contribution is 7.89. The van der Waals surface area contributed by atoms with Gasteiger partial charge in [-0.3, -0.25) is 0 Å². The van der Waals surface area contributed by atoms with E-state index in [9.17, 15) is 8.42 Å². The Hall–Kier alpha value is -1.85. The van der Waals surface area contributed by atoms with Crippen molar-refractivity contribution in [3.8, 4) is 11.1 Å². The summed E-state index contributed by atoms with van der Waals surface area (Å²) in [5.41, 5.74) is 11.4. The zero-order valence-corrected chi connectivity index (χ0v) is 19.0. The fraction of sp³-hybridized carbons (Fsp3) is 0.520. The van der Waals surface area contributed by atoms with Crippen LogP contribution in [0.15, 0.2) is 35.2 Å². The van der Waals surface area contributed by atoms with Gasteiger partial charge in [-0.1, -0.05) is 17.7 Å². The summed E-state index contributed by atoms with van der Waals surface area (Å²) < 4.78 is 30.7. The zero-order chi connectivity index (χ0) is 21.3.